The fourth-order valence-corrected chi connectivity index (χ4v) is 1.30. The molecule has 1 rings (SSSR count). The van der Waals surface area contributed by atoms with E-state index in [2.05, 4.69) is 0 Å². The summed E-state index contributed by atoms with van der Waals surface area (Å²) in [5.74, 6) is 0. The summed E-state index contributed by atoms with van der Waals surface area (Å²) >= 11 is 0. The van der Waals surface area contributed by atoms with Crippen LogP contribution in [0.5, 0.6) is 0 Å². The van der Waals surface area contributed by atoms with Gasteiger partial charge in [-0.1, -0.05) is 0 Å². The second-order valence-electron chi connectivity index (χ2n) is 3.24. The Morgan fingerprint density at radius 1 is 1.53 bits per heavy atom. The van der Waals surface area contributed by atoms with Crippen LogP contribution in [0.4, 0.5) is 11.4 Å². The molecule has 0 unspecified atom stereocenters. The number of aliphatic hydroxyl groups is 1. The molecule has 82 valence electrons. The van der Waals surface area contributed by atoms with Gasteiger partial charge in [0.25, 0.3) is 5.69 Å². The number of rotatable bonds is 4. The van der Waals surface area contributed by atoms with E-state index in [1.807, 2.05) is 18.9 Å². The predicted octanol–water partition coefficient (Wildman–Crippen LogP) is 1.54. The monoisotopic (exact) mass is 210 g/mol. The molecule has 0 spiro atoms. The van der Waals surface area contributed by atoms with Crippen LogP contribution in [-0.2, 0) is 6.61 Å². The summed E-state index contributed by atoms with van der Waals surface area (Å²) in [5.41, 5.74) is 1.18. The lowest BCUT2D eigenvalue weighted by atomic mass is 10.1. The molecule has 0 aliphatic carbocycles. The predicted molar refractivity (Wildman–Crippen MR) is 58.0 cm³/mol. The number of hydrogen-bond donors (Lipinski definition) is 1. The smallest absolute Gasteiger partial charge is 0.275 e. The highest BCUT2D eigenvalue weighted by molar-refractivity contribution is 5.55. The van der Waals surface area contributed by atoms with Crippen molar-refractivity contribution in [3.63, 3.8) is 0 Å². The minimum Gasteiger partial charge on any atom is -0.391 e. The van der Waals surface area contributed by atoms with Gasteiger partial charge in [-0.25, -0.2) is 0 Å². The van der Waals surface area contributed by atoms with Gasteiger partial charge >= 0.3 is 0 Å². The highest BCUT2D eigenvalue weighted by Crippen LogP contribution is 2.24. The molecule has 0 heterocycles. The summed E-state index contributed by atoms with van der Waals surface area (Å²) in [4.78, 5) is 12.1. The van der Waals surface area contributed by atoms with Crippen LogP contribution in [0.15, 0.2) is 18.2 Å². The van der Waals surface area contributed by atoms with Gasteiger partial charge in [-0.05, 0) is 19.1 Å². The quantitative estimate of drug-likeness (QED) is 0.604. The number of nitrogens with zero attached hydrogens (tertiary/aromatic N) is 2. The van der Waals surface area contributed by atoms with Crippen molar-refractivity contribution < 1.29 is 10.0 Å². The number of aliphatic hydroxyl groups excluding tert-OH is 1. The maximum Gasteiger partial charge on any atom is 0.275 e. The third-order valence-electron chi connectivity index (χ3n) is 2.35. The Labute approximate surface area is 88.1 Å². The first-order chi connectivity index (χ1) is 7.10. The molecule has 0 amide bonds. The fourth-order valence-electron chi connectivity index (χ4n) is 1.30. The molecule has 5 nitrogen and oxygen atoms in total. The molecule has 15 heavy (non-hydrogen) atoms. The Kier molecular flexibility index (Phi) is 3.62. The molecule has 0 atom stereocenters. The number of benzene rings is 1. The van der Waals surface area contributed by atoms with Crippen LogP contribution in [-0.4, -0.2) is 23.6 Å². The van der Waals surface area contributed by atoms with Crippen LogP contribution in [0, 0.1) is 10.1 Å². The summed E-state index contributed by atoms with van der Waals surface area (Å²) in [6, 6.07) is 4.75. The molecule has 0 bridgehead atoms. The molecule has 0 fully saturated rings. The molecule has 1 aromatic carbocycles. The van der Waals surface area contributed by atoms with Gasteiger partial charge in [-0.2, -0.15) is 0 Å². The van der Waals surface area contributed by atoms with E-state index in [9.17, 15) is 10.1 Å². The zero-order valence-electron chi connectivity index (χ0n) is 8.80. The third kappa shape index (κ3) is 2.44. The third-order valence-corrected chi connectivity index (χ3v) is 2.35. The van der Waals surface area contributed by atoms with E-state index < -0.39 is 4.92 Å². The number of nitro benzene ring substituents is 1. The van der Waals surface area contributed by atoms with Crippen molar-refractivity contribution >= 4 is 11.4 Å². The lowest BCUT2D eigenvalue weighted by molar-refractivity contribution is -0.385. The van der Waals surface area contributed by atoms with E-state index >= 15 is 0 Å². The SMILES string of the molecule is CCN(C)c1ccc([N+](=O)[O-])c(CO)c1. The van der Waals surface area contributed by atoms with E-state index in [1.54, 1.807) is 12.1 Å². The maximum absolute atomic E-state index is 10.6. The van der Waals surface area contributed by atoms with E-state index in [1.165, 1.54) is 6.07 Å². The standard InChI is InChI=1S/C10H14N2O3/c1-3-11(2)9-4-5-10(12(14)15)8(6-9)7-13/h4-6,13H,3,7H2,1-2H3. The van der Waals surface area contributed by atoms with Crippen LogP contribution in [0.25, 0.3) is 0 Å². The topological polar surface area (TPSA) is 66.6 Å². The first-order valence-electron chi connectivity index (χ1n) is 4.69. The van der Waals surface area contributed by atoms with Crippen LogP contribution in [0.2, 0.25) is 0 Å². The Morgan fingerprint density at radius 2 is 2.20 bits per heavy atom. The van der Waals surface area contributed by atoms with Crippen LogP contribution < -0.4 is 4.90 Å². The van der Waals surface area contributed by atoms with Crippen molar-refractivity contribution in [3.05, 3.63) is 33.9 Å². The second kappa shape index (κ2) is 4.75. The number of anilines is 1. The Hall–Kier alpha value is -1.62. The number of nitro groups is 1. The molecule has 0 saturated carbocycles. The molecule has 1 N–H and O–H groups in total. The van der Waals surface area contributed by atoms with Crippen molar-refractivity contribution in [3.8, 4) is 0 Å². The Balaban J connectivity index is 3.13. The highest BCUT2D eigenvalue weighted by atomic mass is 16.6. The van der Waals surface area contributed by atoms with Gasteiger partial charge < -0.3 is 10.0 Å². The van der Waals surface area contributed by atoms with Gasteiger partial charge in [0.05, 0.1) is 17.1 Å². The second-order valence-corrected chi connectivity index (χ2v) is 3.24. The summed E-state index contributed by atoms with van der Waals surface area (Å²) in [6.07, 6.45) is 0. The summed E-state index contributed by atoms with van der Waals surface area (Å²) in [7, 11) is 1.89. The van der Waals surface area contributed by atoms with E-state index in [4.69, 9.17) is 5.11 Å². The largest absolute Gasteiger partial charge is 0.391 e. The van der Waals surface area contributed by atoms with Gasteiger partial charge in [0.2, 0.25) is 0 Å². The molecular weight excluding hydrogens is 196 g/mol. The molecule has 0 aliphatic heterocycles. The molecule has 0 radical (unpaired) electrons. The Morgan fingerprint density at radius 3 is 2.67 bits per heavy atom. The minimum atomic E-state index is -0.485. The molecule has 0 aromatic heterocycles. The minimum absolute atomic E-state index is 0.0363. The van der Waals surface area contributed by atoms with Gasteiger partial charge in [0.1, 0.15) is 0 Å². The fraction of sp³-hybridized carbons (Fsp3) is 0.400. The molecule has 1 aromatic rings. The van der Waals surface area contributed by atoms with Crippen LogP contribution in [0.1, 0.15) is 12.5 Å². The molecule has 0 saturated heterocycles. The maximum atomic E-state index is 10.6. The highest BCUT2D eigenvalue weighted by Gasteiger charge is 2.13. The van der Waals surface area contributed by atoms with Crippen LogP contribution in [0.3, 0.4) is 0 Å². The summed E-state index contributed by atoms with van der Waals surface area (Å²) in [5, 5.41) is 19.6. The zero-order valence-corrected chi connectivity index (χ0v) is 8.80. The van der Waals surface area contributed by atoms with Crippen LogP contribution >= 0.6 is 0 Å². The van der Waals surface area contributed by atoms with Crippen molar-refractivity contribution in [1.29, 1.82) is 0 Å². The summed E-state index contributed by atoms with van der Waals surface area (Å²) in [6.45, 7) is 2.48. The van der Waals surface area contributed by atoms with Crippen molar-refractivity contribution in [2.24, 2.45) is 0 Å². The first kappa shape index (κ1) is 11.5. The van der Waals surface area contributed by atoms with Crippen molar-refractivity contribution in [2.75, 3.05) is 18.5 Å². The normalized spacial score (nSPS) is 10.1. The number of hydrogen-bond acceptors (Lipinski definition) is 4. The van der Waals surface area contributed by atoms with Gasteiger partial charge in [0.15, 0.2) is 0 Å². The molecule has 5 heteroatoms. The van der Waals surface area contributed by atoms with E-state index in [-0.39, 0.29) is 12.3 Å². The van der Waals surface area contributed by atoms with Gasteiger partial charge in [-0.3, -0.25) is 10.1 Å². The van der Waals surface area contributed by atoms with Crippen molar-refractivity contribution in [1.82, 2.24) is 0 Å². The van der Waals surface area contributed by atoms with Gasteiger partial charge in [0, 0.05) is 25.3 Å². The first-order valence-corrected chi connectivity index (χ1v) is 4.69. The molecular formula is C10H14N2O3. The van der Waals surface area contributed by atoms with E-state index in [0.29, 0.717) is 5.56 Å². The molecule has 0 aliphatic rings. The lowest BCUT2D eigenvalue weighted by Gasteiger charge is -2.17. The Bertz CT molecular complexity index is 366. The average molecular weight is 210 g/mol. The summed E-state index contributed by atoms with van der Waals surface area (Å²) < 4.78 is 0. The zero-order chi connectivity index (χ0) is 11.4. The van der Waals surface area contributed by atoms with E-state index in [0.717, 1.165) is 12.2 Å². The average Bonchev–Trinajstić information content (AvgIpc) is 2.26. The lowest BCUT2D eigenvalue weighted by Crippen LogP contribution is -2.16. The van der Waals surface area contributed by atoms with Crippen molar-refractivity contribution in [2.45, 2.75) is 13.5 Å². The van der Waals surface area contributed by atoms with Gasteiger partial charge in [-0.15, -0.1) is 0 Å².